The molecule has 0 bridgehead atoms. The molecule has 0 unspecified atom stereocenters. The molecule has 2 aromatic rings. The first-order chi connectivity index (χ1) is 11.5. The maximum Gasteiger partial charge on any atom is 0.321 e. The highest BCUT2D eigenvalue weighted by Crippen LogP contribution is 2.23. The van der Waals surface area contributed by atoms with E-state index in [-0.39, 0.29) is 5.91 Å². The number of rotatable bonds is 6. The summed E-state index contributed by atoms with van der Waals surface area (Å²) in [5.41, 5.74) is 1.13. The monoisotopic (exact) mass is 347 g/mol. The number of aryl methyl sites for hydroxylation is 1. The lowest BCUT2D eigenvalue weighted by Crippen LogP contribution is -2.42. The average Bonchev–Trinajstić information content (AvgIpc) is 2.89. The third-order valence-corrected chi connectivity index (χ3v) is 4.39. The van der Waals surface area contributed by atoms with Crippen molar-refractivity contribution in [3.05, 3.63) is 41.7 Å². The van der Waals surface area contributed by atoms with Crippen LogP contribution in [0.25, 0.3) is 0 Å². The van der Waals surface area contributed by atoms with Crippen molar-refractivity contribution in [1.82, 2.24) is 25.4 Å². The van der Waals surface area contributed by atoms with Gasteiger partial charge in [-0.25, -0.2) is 4.79 Å². The summed E-state index contributed by atoms with van der Waals surface area (Å²) in [6, 6.07) is 9.48. The molecule has 0 aliphatic heterocycles. The van der Waals surface area contributed by atoms with Gasteiger partial charge in [-0.1, -0.05) is 42.1 Å². The molecule has 24 heavy (non-hydrogen) atoms. The fourth-order valence-electron chi connectivity index (χ4n) is 2.03. The third-order valence-electron chi connectivity index (χ3n) is 3.31. The maximum absolute atomic E-state index is 12.1. The van der Waals surface area contributed by atoms with Crippen LogP contribution in [0.3, 0.4) is 0 Å². The van der Waals surface area contributed by atoms with Crippen LogP contribution in [0.1, 0.15) is 25.2 Å². The van der Waals surface area contributed by atoms with E-state index in [4.69, 9.17) is 0 Å². The Balaban J connectivity index is 2.04. The Labute approximate surface area is 145 Å². The van der Waals surface area contributed by atoms with Crippen molar-refractivity contribution < 1.29 is 9.59 Å². The molecule has 1 heterocycles. The zero-order chi connectivity index (χ0) is 17.5. The fraction of sp³-hybridized carbons (Fsp3) is 0.375. The zero-order valence-electron chi connectivity index (χ0n) is 13.9. The molecule has 1 atom stereocenters. The van der Waals surface area contributed by atoms with Crippen LogP contribution in [0.15, 0.2) is 35.5 Å². The van der Waals surface area contributed by atoms with Crippen LogP contribution in [0.2, 0.25) is 0 Å². The zero-order valence-corrected chi connectivity index (χ0v) is 14.8. The van der Waals surface area contributed by atoms with E-state index < -0.39 is 11.3 Å². The van der Waals surface area contributed by atoms with Crippen molar-refractivity contribution in [3.63, 3.8) is 0 Å². The topological polar surface area (TPSA) is 88.9 Å². The highest BCUT2D eigenvalue weighted by atomic mass is 32.2. The average molecular weight is 347 g/mol. The fourth-order valence-corrected chi connectivity index (χ4v) is 2.92. The SMILES string of the molecule is CCNC(=O)NC(=O)[C@H](C)Sc1nnc(C)n1Cc1ccccc1. The number of benzene rings is 1. The second kappa shape index (κ2) is 8.49. The molecule has 0 saturated carbocycles. The molecule has 8 heteroatoms. The third kappa shape index (κ3) is 4.82. The first kappa shape index (κ1) is 18.0. The van der Waals surface area contributed by atoms with E-state index in [2.05, 4.69) is 20.8 Å². The smallest absolute Gasteiger partial charge is 0.321 e. The van der Waals surface area contributed by atoms with Gasteiger partial charge in [0.05, 0.1) is 11.8 Å². The standard InChI is InChI=1S/C16H21N5O2S/c1-4-17-15(23)18-14(22)11(2)24-16-20-19-12(3)21(16)10-13-8-6-5-7-9-13/h5-9,11H,4,10H2,1-3H3,(H2,17,18,22,23)/t11-/m0/s1. The Kier molecular flexibility index (Phi) is 6.36. The second-order valence-corrected chi connectivity index (χ2v) is 6.52. The Morgan fingerprint density at radius 2 is 1.96 bits per heavy atom. The van der Waals surface area contributed by atoms with Gasteiger partial charge < -0.3 is 9.88 Å². The Morgan fingerprint density at radius 1 is 1.25 bits per heavy atom. The number of hydrogen-bond donors (Lipinski definition) is 2. The molecule has 0 spiro atoms. The lowest BCUT2D eigenvalue weighted by molar-refractivity contribution is -0.119. The molecule has 7 nitrogen and oxygen atoms in total. The van der Waals surface area contributed by atoms with Gasteiger partial charge in [-0.05, 0) is 26.3 Å². The van der Waals surface area contributed by atoms with Gasteiger partial charge in [0.15, 0.2) is 5.16 Å². The first-order valence-corrected chi connectivity index (χ1v) is 8.58. The van der Waals surface area contributed by atoms with Crippen molar-refractivity contribution in [2.75, 3.05) is 6.54 Å². The summed E-state index contributed by atoms with van der Waals surface area (Å²) in [5.74, 6) is 0.413. The molecule has 3 amide bonds. The van der Waals surface area contributed by atoms with Gasteiger partial charge in [-0.15, -0.1) is 10.2 Å². The van der Waals surface area contributed by atoms with Gasteiger partial charge in [0, 0.05) is 6.54 Å². The van der Waals surface area contributed by atoms with Crippen molar-refractivity contribution in [1.29, 1.82) is 0 Å². The summed E-state index contributed by atoms with van der Waals surface area (Å²) in [7, 11) is 0. The van der Waals surface area contributed by atoms with Crippen LogP contribution in [-0.2, 0) is 11.3 Å². The molecule has 2 N–H and O–H groups in total. The second-order valence-electron chi connectivity index (χ2n) is 5.21. The van der Waals surface area contributed by atoms with E-state index in [1.54, 1.807) is 13.8 Å². The maximum atomic E-state index is 12.1. The van der Waals surface area contributed by atoms with Crippen LogP contribution < -0.4 is 10.6 Å². The van der Waals surface area contributed by atoms with Gasteiger partial charge in [-0.3, -0.25) is 10.1 Å². The molecular formula is C16H21N5O2S. The predicted molar refractivity (Wildman–Crippen MR) is 92.8 cm³/mol. The van der Waals surface area contributed by atoms with E-state index >= 15 is 0 Å². The highest BCUT2D eigenvalue weighted by Gasteiger charge is 2.20. The number of amides is 3. The Bertz CT molecular complexity index is 702. The Morgan fingerprint density at radius 3 is 2.62 bits per heavy atom. The van der Waals surface area contributed by atoms with Crippen molar-refractivity contribution >= 4 is 23.7 Å². The number of thioether (sulfide) groups is 1. The number of nitrogens with one attached hydrogen (secondary N) is 2. The van der Waals surface area contributed by atoms with Crippen molar-refractivity contribution in [3.8, 4) is 0 Å². The summed E-state index contributed by atoms with van der Waals surface area (Å²) in [6.45, 7) is 6.49. The summed E-state index contributed by atoms with van der Waals surface area (Å²) >= 11 is 1.28. The lowest BCUT2D eigenvalue weighted by atomic mass is 10.2. The minimum Gasteiger partial charge on any atom is -0.338 e. The number of urea groups is 1. The van der Waals surface area contributed by atoms with Crippen LogP contribution in [0.4, 0.5) is 4.79 Å². The molecule has 2 rings (SSSR count). The largest absolute Gasteiger partial charge is 0.338 e. The Hall–Kier alpha value is -2.35. The normalized spacial score (nSPS) is 11.8. The summed E-state index contributed by atoms with van der Waals surface area (Å²) < 4.78 is 1.95. The number of aromatic nitrogens is 3. The van der Waals surface area contributed by atoms with E-state index in [1.165, 1.54) is 11.8 Å². The number of nitrogens with zero attached hydrogens (tertiary/aromatic N) is 3. The summed E-state index contributed by atoms with van der Waals surface area (Å²) in [6.07, 6.45) is 0. The van der Waals surface area contributed by atoms with Crippen LogP contribution in [-0.4, -0.2) is 38.5 Å². The van der Waals surface area contributed by atoms with Crippen molar-refractivity contribution in [2.24, 2.45) is 0 Å². The van der Waals surface area contributed by atoms with E-state index in [9.17, 15) is 9.59 Å². The number of carbonyl (C=O) groups is 2. The number of imide groups is 1. The minimum atomic E-state index is -0.489. The van der Waals surface area contributed by atoms with Crippen LogP contribution >= 0.6 is 11.8 Å². The molecule has 0 saturated heterocycles. The molecule has 0 fully saturated rings. The number of hydrogen-bond acceptors (Lipinski definition) is 5. The van der Waals surface area contributed by atoms with E-state index in [0.717, 1.165) is 11.4 Å². The summed E-state index contributed by atoms with van der Waals surface area (Å²) in [5, 5.41) is 13.3. The molecule has 0 aliphatic carbocycles. The highest BCUT2D eigenvalue weighted by molar-refractivity contribution is 8.00. The van der Waals surface area contributed by atoms with E-state index in [1.807, 2.05) is 41.8 Å². The van der Waals surface area contributed by atoms with Crippen LogP contribution in [0, 0.1) is 6.92 Å². The molecule has 0 aliphatic rings. The molecule has 128 valence electrons. The first-order valence-electron chi connectivity index (χ1n) is 7.70. The molecule has 0 radical (unpaired) electrons. The van der Waals surface area contributed by atoms with Gasteiger partial charge in [0.1, 0.15) is 5.82 Å². The lowest BCUT2D eigenvalue weighted by Gasteiger charge is -2.13. The predicted octanol–water partition coefficient (Wildman–Crippen LogP) is 1.96. The summed E-state index contributed by atoms with van der Waals surface area (Å²) in [4.78, 5) is 23.5. The van der Waals surface area contributed by atoms with Gasteiger partial charge >= 0.3 is 6.03 Å². The van der Waals surface area contributed by atoms with Crippen molar-refractivity contribution in [2.45, 2.75) is 37.7 Å². The molecule has 1 aromatic heterocycles. The van der Waals surface area contributed by atoms with E-state index in [0.29, 0.717) is 18.2 Å². The molecular weight excluding hydrogens is 326 g/mol. The van der Waals surface area contributed by atoms with Crippen LogP contribution in [0.5, 0.6) is 0 Å². The van der Waals surface area contributed by atoms with Gasteiger partial charge in [-0.2, -0.15) is 0 Å². The quantitative estimate of drug-likeness (QED) is 0.780. The minimum absolute atomic E-state index is 0.363. The number of carbonyl (C=O) groups excluding carboxylic acids is 2. The van der Waals surface area contributed by atoms with Gasteiger partial charge in [0.2, 0.25) is 5.91 Å². The van der Waals surface area contributed by atoms with Gasteiger partial charge in [0.25, 0.3) is 0 Å². The molecule has 1 aromatic carbocycles.